The van der Waals surface area contributed by atoms with Crippen LogP contribution in [0.1, 0.15) is 53.4 Å². The van der Waals surface area contributed by atoms with E-state index in [2.05, 4.69) is 198 Å². The van der Waals surface area contributed by atoms with Gasteiger partial charge < -0.3 is 0 Å². The van der Waals surface area contributed by atoms with Crippen molar-refractivity contribution in [1.82, 2.24) is 0 Å². The second-order valence-corrected chi connectivity index (χ2v) is 50.9. The molecule has 8 rings (SSSR count). The van der Waals surface area contributed by atoms with Crippen molar-refractivity contribution in [3.05, 3.63) is 206 Å². The Balaban J connectivity index is 0.000000200. The van der Waals surface area contributed by atoms with Crippen LogP contribution in [0.2, 0.25) is 0 Å². The third-order valence-corrected chi connectivity index (χ3v) is 65.6. The largest absolute Gasteiger partial charge is 0.147 e. The third-order valence-electron chi connectivity index (χ3n) is 10.6. The molecule has 0 heterocycles. The molecule has 0 unspecified atom stereocenters. The van der Waals surface area contributed by atoms with Gasteiger partial charge in [0.15, 0.2) is 0 Å². The second kappa shape index (κ2) is 20.6. The average molecular weight is 1110 g/mol. The Morgan fingerprint density at radius 3 is 0.704 bits per heavy atom. The number of hydrogen-bond donors (Lipinski definition) is 0. The smallest absolute Gasteiger partial charge is 0.147 e. The zero-order valence-corrected chi connectivity index (χ0v) is 42.6. The summed E-state index contributed by atoms with van der Waals surface area (Å²) in [5.74, 6) is 0. The molecule has 0 aliphatic heterocycles. The van der Waals surface area contributed by atoms with Crippen LogP contribution >= 0.6 is 24.8 Å². The second-order valence-electron chi connectivity index (χ2n) is 14.0. The summed E-state index contributed by atoms with van der Waals surface area (Å²) in [6.07, 6.45) is 23.8. The molecule has 4 aromatic rings. The minimum absolute atomic E-state index is 0. The molecule has 0 amide bonds. The first kappa shape index (κ1) is 42.7. The molecule has 0 bridgehead atoms. The molecule has 54 heavy (non-hydrogen) atoms. The maximum absolute atomic E-state index is 2.39. The minimum atomic E-state index is -2.25. The Hall–Kier alpha value is -2.45. The van der Waals surface area contributed by atoms with Crippen LogP contribution in [0, 0.1) is 0 Å². The van der Waals surface area contributed by atoms with Crippen molar-refractivity contribution in [3.63, 3.8) is 0 Å². The summed E-state index contributed by atoms with van der Waals surface area (Å²) in [6, 6.07) is 45.6. The SMILES string of the molecule is CC1=[C]([Hf]([C]2=C(C)C=CC2)=[Si](c2ccccc2)c2ccccc2)CC=C1.CC1=[C]([Hf]([C]2=C(C)C=CC2)=[Si](c2ccccc2)c2ccccc2)CC=C1.Cl.Cl. The number of hydrogen-bond acceptors (Lipinski definition) is 0. The van der Waals surface area contributed by atoms with Crippen molar-refractivity contribution in [2.75, 3.05) is 0 Å². The van der Waals surface area contributed by atoms with Crippen LogP contribution in [0.4, 0.5) is 0 Å². The number of allylic oxidation sites excluding steroid dienone is 16. The normalized spacial score (nSPS) is 15.3. The van der Waals surface area contributed by atoms with E-state index in [1.54, 1.807) is 43.0 Å². The average Bonchev–Trinajstić information content (AvgIpc) is 4.01. The summed E-state index contributed by atoms with van der Waals surface area (Å²) in [5.41, 5.74) is 4.75. The van der Waals surface area contributed by atoms with Crippen molar-refractivity contribution >= 4 is 56.6 Å². The minimum Gasteiger partial charge on any atom is -0.147 e. The zero-order valence-electron chi connectivity index (χ0n) is 31.8. The fraction of sp³-hybridized carbons (Fsp3) is 0.167. The molecule has 0 N–H and O–H groups in total. The molecule has 4 aliphatic carbocycles. The van der Waals surface area contributed by atoms with Gasteiger partial charge in [0.05, 0.1) is 0 Å². The Morgan fingerprint density at radius 2 is 0.537 bits per heavy atom. The van der Waals surface area contributed by atoms with Crippen molar-refractivity contribution in [2.24, 2.45) is 0 Å². The summed E-state index contributed by atoms with van der Waals surface area (Å²) in [4.78, 5) is 0. The Kier molecular flexibility index (Phi) is 16.3. The Labute approximate surface area is 352 Å². The van der Waals surface area contributed by atoms with Gasteiger partial charge in [0.1, 0.15) is 0 Å². The van der Waals surface area contributed by atoms with E-state index in [-0.39, 0.29) is 24.8 Å². The molecule has 0 aromatic heterocycles. The van der Waals surface area contributed by atoms with E-state index in [0.717, 1.165) is 0 Å². The molecule has 4 aromatic carbocycles. The van der Waals surface area contributed by atoms with Crippen molar-refractivity contribution in [3.8, 4) is 0 Å². The number of benzene rings is 4. The Morgan fingerprint density at radius 1 is 0.333 bits per heavy atom. The van der Waals surface area contributed by atoms with Gasteiger partial charge in [-0.15, -0.1) is 24.8 Å². The van der Waals surface area contributed by atoms with Crippen LogP contribution in [-0.4, -0.2) is 11.0 Å². The van der Waals surface area contributed by atoms with Gasteiger partial charge in [-0.3, -0.25) is 0 Å². The van der Waals surface area contributed by atoms with Crippen LogP contribution < -0.4 is 20.7 Å². The monoisotopic (exact) mass is 1110 g/mol. The van der Waals surface area contributed by atoms with E-state index in [1.165, 1.54) is 25.7 Å². The predicted molar refractivity (Wildman–Crippen MR) is 236 cm³/mol. The topological polar surface area (TPSA) is 0 Å². The molecule has 0 nitrogen and oxygen atoms in total. The van der Waals surface area contributed by atoms with E-state index in [0.29, 0.717) is 0 Å². The molecule has 0 spiro atoms. The van der Waals surface area contributed by atoms with Gasteiger partial charge >= 0.3 is 331 Å². The van der Waals surface area contributed by atoms with Crippen molar-refractivity contribution in [1.29, 1.82) is 0 Å². The Bertz CT molecular complexity index is 1970. The van der Waals surface area contributed by atoms with Crippen LogP contribution in [0.15, 0.2) is 206 Å². The van der Waals surface area contributed by atoms with Crippen molar-refractivity contribution < 1.29 is 40.1 Å². The molecule has 0 saturated heterocycles. The maximum Gasteiger partial charge on any atom is -0.147 e. The first-order chi connectivity index (χ1) is 25.5. The van der Waals surface area contributed by atoms with Gasteiger partial charge in [-0.25, -0.2) is 0 Å². The quantitative estimate of drug-likeness (QED) is 0.154. The summed E-state index contributed by atoms with van der Waals surface area (Å²) in [5, 5.41) is 6.41. The standard InChI is InChI=1S/2C12H10Si.4C6H7.2ClH.2Hf/c2*1-3-7-11(8-4-1)13-12-9-5-2-6-10-12;4*1-6-4-2-3-5-6;;;;/h2*1-10H;4*2,4H,3H2,1H3;2*1H;;. The molecule has 0 fully saturated rings. The molecular formula is C48H50Cl2Hf2Si2. The van der Waals surface area contributed by atoms with Gasteiger partial charge in [-0.2, -0.15) is 0 Å². The number of halogens is 2. The molecular weight excluding hydrogens is 1060 g/mol. The molecule has 272 valence electrons. The van der Waals surface area contributed by atoms with Gasteiger partial charge in [0.25, 0.3) is 0 Å². The molecule has 0 atom stereocenters. The summed E-state index contributed by atoms with van der Waals surface area (Å²) < 4.78 is 7.37. The van der Waals surface area contributed by atoms with Crippen LogP contribution in [0.5, 0.6) is 0 Å². The summed E-state index contributed by atoms with van der Waals surface area (Å²) in [6.45, 7) is 9.38. The van der Waals surface area contributed by atoms with E-state index in [9.17, 15) is 0 Å². The van der Waals surface area contributed by atoms with Gasteiger partial charge in [0, 0.05) is 0 Å². The van der Waals surface area contributed by atoms with E-state index in [4.69, 9.17) is 0 Å². The first-order valence-electron chi connectivity index (χ1n) is 18.7. The van der Waals surface area contributed by atoms with Crippen LogP contribution in [0.25, 0.3) is 0 Å². The molecule has 4 aliphatic rings. The fourth-order valence-corrected chi connectivity index (χ4v) is 69.6. The van der Waals surface area contributed by atoms with Gasteiger partial charge in [0.2, 0.25) is 0 Å². The third kappa shape index (κ3) is 9.73. The van der Waals surface area contributed by atoms with E-state index < -0.39 is 51.1 Å². The zero-order chi connectivity index (χ0) is 35.9. The molecule has 0 radical (unpaired) electrons. The molecule has 6 heteroatoms. The van der Waals surface area contributed by atoms with Gasteiger partial charge in [-0.05, 0) is 0 Å². The number of rotatable bonds is 8. The van der Waals surface area contributed by atoms with Crippen molar-refractivity contribution in [2.45, 2.75) is 53.4 Å². The maximum atomic E-state index is 2.39. The fourth-order valence-electron chi connectivity index (χ4n) is 7.96. The van der Waals surface area contributed by atoms with Crippen LogP contribution in [-0.2, 0) is 40.1 Å². The molecule has 0 saturated carbocycles. The first-order valence-corrected chi connectivity index (χ1v) is 39.6. The predicted octanol–water partition coefficient (Wildman–Crippen LogP) is 10.6. The van der Waals surface area contributed by atoms with Crippen LogP contribution in [0.3, 0.4) is 0 Å². The summed E-state index contributed by atoms with van der Waals surface area (Å²) in [7, 11) is 0. The summed E-state index contributed by atoms with van der Waals surface area (Å²) >= 11 is -4.50. The van der Waals surface area contributed by atoms with E-state index >= 15 is 0 Å². The van der Waals surface area contributed by atoms with Gasteiger partial charge in [-0.1, -0.05) is 0 Å². The van der Waals surface area contributed by atoms with E-state index in [1.807, 2.05) is 13.3 Å².